The predicted molar refractivity (Wildman–Crippen MR) is 130 cm³/mol. The van der Waals surface area contributed by atoms with Gasteiger partial charge in [0, 0.05) is 42.4 Å². The molecule has 2 aliphatic heterocycles. The van der Waals surface area contributed by atoms with E-state index in [1.54, 1.807) is 11.3 Å². The lowest BCUT2D eigenvalue weighted by Crippen LogP contribution is -2.37. The molecule has 1 amide bonds. The van der Waals surface area contributed by atoms with E-state index in [0.29, 0.717) is 24.8 Å². The summed E-state index contributed by atoms with van der Waals surface area (Å²) in [5.41, 5.74) is 8.84. The number of aromatic nitrogens is 1. The van der Waals surface area contributed by atoms with E-state index in [4.69, 9.17) is 15.5 Å². The molecule has 8 heteroatoms. The molecule has 3 heterocycles. The molecule has 2 aliphatic rings. The lowest BCUT2D eigenvalue weighted by atomic mass is 9.88. The van der Waals surface area contributed by atoms with Crippen LogP contribution in [0.4, 0.5) is 0 Å². The molecule has 0 radical (unpaired) electrons. The summed E-state index contributed by atoms with van der Waals surface area (Å²) in [5.74, 6) is 2.13. The van der Waals surface area contributed by atoms with Gasteiger partial charge in [-0.15, -0.1) is 11.3 Å². The van der Waals surface area contributed by atoms with Crippen LogP contribution in [-0.2, 0) is 11.2 Å². The van der Waals surface area contributed by atoms with Gasteiger partial charge in [-0.1, -0.05) is 13.0 Å². The second kappa shape index (κ2) is 9.81. The molecule has 4 rings (SSSR count). The highest BCUT2D eigenvalue weighted by Gasteiger charge is 2.26. The Kier molecular flexibility index (Phi) is 6.89. The third kappa shape index (κ3) is 4.70. The van der Waals surface area contributed by atoms with Crippen molar-refractivity contribution in [3.63, 3.8) is 0 Å². The van der Waals surface area contributed by atoms with E-state index in [2.05, 4.69) is 28.2 Å². The Labute approximate surface area is 193 Å². The zero-order chi connectivity index (χ0) is 22.7. The number of hydrogen-bond donors (Lipinski definition) is 1. The van der Waals surface area contributed by atoms with Crippen LogP contribution in [0.5, 0.6) is 5.75 Å². The number of hydrogen-bond acceptors (Lipinski definition) is 5. The number of nitrogens with two attached hydrogens (primary N) is 1. The Bertz CT molecular complexity index is 1040. The number of benzene rings is 1. The maximum atomic E-state index is 12.0. The predicted octanol–water partition coefficient (Wildman–Crippen LogP) is 4.00. The van der Waals surface area contributed by atoms with Crippen LogP contribution in [0.1, 0.15) is 61.4 Å². The summed E-state index contributed by atoms with van der Waals surface area (Å²) < 4.78 is 6.04. The number of piperidine rings is 1. The van der Waals surface area contributed by atoms with Crippen molar-refractivity contribution >= 4 is 29.4 Å². The van der Waals surface area contributed by atoms with E-state index in [0.717, 1.165) is 54.4 Å². The number of nitrogens with zero attached hydrogens (tertiary/aromatic N) is 4. The maximum Gasteiger partial charge on any atom is 0.222 e. The van der Waals surface area contributed by atoms with Crippen LogP contribution < -0.4 is 10.5 Å². The molecule has 32 heavy (non-hydrogen) atoms. The first-order valence-corrected chi connectivity index (χ1v) is 12.2. The Hall–Kier alpha value is -2.74. The van der Waals surface area contributed by atoms with Gasteiger partial charge in [-0.05, 0) is 50.3 Å². The lowest BCUT2D eigenvalue weighted by molar-refractivity contribution is -0.131. The molecule has 0 aliphatic carbocycles. The van der Waals surface area contributed by atoms with Gasteiger partial charge >= 0.3 is 0 Å². The molecule has 1 saturated heterocycles. The second-order valence-corrected chi connectivity index (χ2v) is 9.56. The fourth-order valence-electron chi connectivity index (χ4n) is 4.34. The zero-order valence-corrected chi connectivity index (χ0v) is 19.8. The van der Waals surface area contributed by atoms with Crippen molar-refractivity contribution in [3.8, 4) is 17.0 Å². The van der Waals surface area contributed by atoms with E-state index in [9.17, 15) is 4.79 Å². The number of aliphatic imine (C=N–C) groups is 2. The summed E-state index contributed by atoms with van der Waals surface area (Å²) in [5, 5.41) is 0.787. The van der Waals surface area contributed by atoms with E-state index in [1.807, 2.05) is 25.7 Å². The molecule has 0 unspecified atom stereocenters. The van der Waals surface area contributed by atoms with Crippen LogP contribution >= 0.6 is 11.3 Å². The summed E-state index contributed by atoms with van der Waals surface area (Å²) in [6.45, 7) is 8.22. The molecule has 170 valence electrons. The Morgan fingerprint density at radius 3 is 2.84 bits per heavy atom. The number of likely N-dealkylation sites (tertiary alicyclic amines) is 1. The van der Waals surface area contributed by atoms with E-state index < -0.39 is 0 Å². The summed E-state index contributed by atoms with van der Waals surface area (Å²) in [6.07, 6.45) is 4.62. The molecule has 2 aromatic rings. The monoisotopic (exact) mass is 453 g/mol. The number of amidine groups is 1. The molecule has 0 bridgehead atoms. The number of thiazole rings is 1. The first kappa shape index (κ1) is 22.5. The Morgan fingerprint density at radius 1 is 1.38 bits per heavy atom. The molecule has 0 saturated carbocycles. The first-order valence-electron chi connectivity index (χ1n) is 11.4. The van der Waals surface area contributed by atoms with Crippen molar-refractivity contribution in [1.29, 1.82) is 0 Å². The van der Waals surface area contributed by atoms with Crippen molar-refractivity contribution in [1.82, 2.24) is 9.88 Å². The zero-order valence-electron chi connectivity index (χ0n) is 19.0. The third-order valence-electron chi connectivity index (χ3n) is 5.93. The average molecular weight is 454 g/mol. The maximum absolute atomic E-state index is 12.0. The summed E-state index contributed by atoms with van der Waals surface area (Å²) >= 11 is 1.61. The first-order chi connectivity index (χ1) is 15.5. The summed E-state index contributed by atoms with van der Waals surface area (Å²) in [4.78, 5) is 29.0. The van der Waals surface area contributed by atoms with Gasteiger partial charge in [0.15, 0.2) is 10.8 Å². The minimum absolute atomic E-state index is 0.102. The minimum atomic E-state index is 0.102. The third-order valence-corrected chi connectivity index (χ3v) is 7.04. The molecular formula is C24H31N5O2S. The highest BCUT2D eigenvalue weighted by atomic mass is 32.1. The van der Waals surface area contributed by atoms with Crippen LogP contribution in [0.2, 0.25) is 0 Å². The molecule has 1 aromatic carbocycles. The number of carbonyl (C=O) groups is 1. The minimum Gasteiger partial charge on any atom is -0.493 e. The van der Waals surface area contributed by atoms with Crippen LogP contribution in [0.25, 0.3) is 11.3 Å². The fraction of sp³-hybridized carbons (Fsp3) is 0.500. The molecule has 1 fully saturated rings. The van der Waals surface area contributed by atoms with Gasteiger partial charge in [-0.2, -0.15) is 0 Å². The molecule has 1 aromatic heterocycles. The van der Waals surface area contributed by atoms with Crippen molar-refractivity contribution in [3.05, 3.63) is 33.6 Å². The fourth-order valence-corrected chi connectivity index (χ4v) is 5.34. The molecule has 0 spiro atoms. The Morgan fingerprint density at radius 2 is 2.16 bits per heavy atom. The number of carbonyl (C=O) groups excluding carboxylic acids is 1. The number of ether oxygens (including phenoxy) is 1. The number of amides is 1. The van der Waals surface area contributed by atoms with Gasteiger partial charge in [-0.3, -0.25) is 9.79 Å². The number of fused-ring (bicyclic) bond motifs is 3. The summed E-state index contributed by atoms with van der Waals surface area (Å²) in [7, 11) is 0. The van der Waals surface area contributed by atoms with Crippen LogP contribution in [0.3, 0.4) is 0 Å². The highest BCUT2D eigenvalue weighted by Crippen LogP contribution is 2.40. The standard InChI is InChI=1S/C24H31N5O2S/c1-4-21(30)29-10-7-16(8-11-29)17-5-6-19-18(13-17)22-20(9-12-31-19)32-24(28-22)23(26-14-25)27-15(2)3/h5-6,13-16H,4,7-12H2,1-3H3,(H2,25,26,27). The van der Waals surface area contributed by atoms with Gasteiger partial charge < -0.3 is 15.4 Å². The van der Waals surface area contributed by atoms with Gasteiger partial charge in [-0.25, -0.2) is 9.98 Å². The van der Waals surface area contributed by atoms with Crippen molar-refractivity contribution in [2.24, 2.45) is 15.7 Å². The van der Waals surface area contributed by atoms with Crippen molar-refractivity contribution in [2.75, 3.05) is 19.7 Å². The van der Waals surface area contributed by atoms with Crippen LogP contribution in [0.15, 0.2) is 28.2 Å². The smallest absolute Gasteiger partial charge is 0.222 e. The van der Waals surface area contributed by atoms with Crippen molar-refractivity contribution in [2.45, 2.75) is 58.4 Å². The normalized spacial score (nSPS) is 17.2. The molecule has 2 N–H and O–H groups in total. The Balaban J connectivity index is 1.65. The SMILES string of the molecule is CCC(=O)N1CCC(c2ccc3c(c2)-c2nc(C(N=CN)=NC(C)C)sc2CCO3)CC1. The van der Waals surface area contributed by atoms with Gasteiger partial charge in [0.1, 0.15) is 5.75 Å². The van der Waals surface area contributed by atoms with Gasteiger partial charge in [0.25, 0.3) is 0 Å². The quantitative estimate of drug-likeness (QED) is 0.559. The van der Waals surface area contributed by atoms with E-state index in [1.165, 1.54) is 16.8 Å². The van der Waals surface area contributed by atoms with E-state index >= 15 is 0 Å². The van der Waals surface area contributed by atoms with Gasteiger partial charge in [0.05, 0.1) is 18.6 Å². The molecular weight excluding hydrogens is 422 g/mol. The topological polar surface area (TPSA) is 93.2 Å². The van der Waals surface area contributed by atoms with Crippen molar-refractivity contribution < 1.29 is 9.53 Å². The average Bonchev–Trinajstić information content (AvgIpc) is 3.14. The van der Waals surface area contributed by atoms with E-state index in [-0.39, 0.29) is 11.9 Å². The summed E-state index contributed by atoms with van der Waals surface area (Å²) in [6, 6.07) is 6.58. The number of rotatable bonds is 4. The second-order valence-electron chi connectivity index (χ2n) is 8.48. The van der Waals surface area contributed by atoms with Gasteiger partial charge in [0.2, 0.25) is 5.91 Å². The highest BCUT2D eigenvalue weighted by molar-refractivity contribution is 7.14. The molecule has 0 atom stereocenters. The van der Waals surface area contributed by atoms with Crippen LogP contribution in [-0.4, -0.2) is 53.7 Å². The van der Waals surface area contributed by atoms with Crippen LogP contribution in [0, 0.1) is 0 Å². The molecule has 7 nitrogen and oxygen atoms in total. The lowest BCUT2D eigenvalue weighted by Gasteiger charge is -2.32. The largest absolute Gasteiger partial charge is 0.493 e.